The number of esters is 1. The van der Waals surface area contributed by atoms with Crippen LogP contribution >= 0.6 is 0 Å². The van der Waals surface area contributed by atoms with Gasteiger partial charge in [0.2, 0.25) is 0 Å². The van der Waals surface area contributed by atoms with Gasteiger partial charge in [0.25, 0.3) is 5.88 Å². The number of carbonyl (C=O) groups is 1. The van der Waals surface area contributed by atoms with Crippen LogP contribution in [0.5, 0.6) is 5.88 Å². The number of hydrogen-bond donors (Lipinski definition) is 1. The minimum Gasteiger partial charge on any atom is -0.479 e. The average Bonchev–Trinajstić information content (AvgIpc) is 2.65. The fraction of sp³-hybridized carbons (Fsp3) is 0.500. The molecule has 0 saturated heterocycles. The molecule has 1 aromatic rings. The fourth-order valence-corrected chi connectivity index (χ4v) is 0.863. The van der Waals surface area contributed by atoms with Crippen LogP contribution in [0.2, 0.25) is 0 Å². The summed E-state index contributed by atoms with van der Waals surface area (Å²) < 4.78 is 14.3. The zero-order valence-electron chi connectivity index (χ0n) is 8.02. The van der Waals surface area contributed by atoms with E-state index in [-0.39, 0.29) is 18.2 Å². The maximum atomic E-state index is 11.2. The van der Waals surface area contributed by atoms with E-state index < -0.39 is 12.0 Å². The van der Waals surface area contributed by atoms with Gasteiger partial charge in [-0.2, -0.15) is 0 Å². The lowest BCUT2D eigenvalue weighted by Crippen LogP contribution is -2.23. The summed E-state index contributed by atoms with van der Waals surface area (Å²) in [5.74, 6) is -0.0497. The first-order valence-corrected chi connectivity index (χ1v) is 4.11. The van der Waals surface area contributed by atoms with Gasteiger partial charge in [-0.25, -0.2) is 4.79 Å². The third-order valence-corrected chi connectivity index (χ3v) is 1.56. The maximum Gasteiger partial charge on any atom is 0.330 e. The van der Waals surface area contributed by atoms with Gasteiger partial charge in [0.05, 0.1) is 13.7 Å². The highest BCUT2D eigenvalue weighted by Gasteiger charge is 2.21. The van der Waals surface area contributed by atoms with Crippen LogP contribution in [0.1, 0.15) is 18.7 Å². The highest BCUT2D eigenvalue weighted by molar-refractivity contribution is 5.76. The van der Waals surface area contributed by atoms with Crippen molar-refractivity contribution in [1.82, 2.24) is 5.16 Å². The van der Waals surface area contributed by atoms with Gasteiger partial charge in [-0.15, -0.1) is 0 Å². The molecule has 1 rings (SSSR count). The minimum atomic E-state index is -0.952. The summed E-state index contributed by atoms with van der Waals surface area (Å²) in [7, 11) is 1.44. The molecule has 6 nitrogen and oxygen atoms in total. The SMILES string of the molecule is CCOC(=O)C(N)c1cc(OC)no1. The van der Waals surface area contributed by atoms with E-state index in [4.69, 9.17) is 19.7 Å². The van der Waals surface area contributed by atoms with Crippen LogP contribution in [-0.4, -0.2) is 24.8 Å². The predicted octanol–water partition coefficient (Wildman–Crippen LogP) is 0.246. The van der Waals surface area contributed by atoms with Crippen molar-refractivity contribution in [3.8, 4) is 5.88 Å². The number of nitrogens with two attached hydrogens (primary N) is 1. The van der Waals surface area contributed by atoms with E-state index in [0.717, 1.165) is 0 Å². The summed E-state index contributed by atoms with van der Waals surface area (Å²) in [5.41, 5.74) is 5.53. The summed E-state index contributed by atoms with van der Waals surface area (Å²) in [6, 6.07) is 0.494. The Hall–Kier alpha value is -1.56. The number of methoxy groups -OCH3 is 1. The number of rotatable bonds is 4. The van der Waals surface area contributed by atoms with E-state index in [0.29, 0.717) is 0 Å². The molecular weight excluding hydrogens is 188 g/mol. The van der Waals surface area contributed by atoms with Crippen molar-refractivity contribution in [3.63, 3.8) is 0 Å². The Labute approximate surface area is 80.9 Å². The van der Waals surface area contributed by atoms with Gasteiger partial charge in [0.1, 0.15) is 0 Å². The summed E-state index contributed by atoms with van der Waals surface area (Å²) in [6.45, 7) is 1.98. The summed E-state index contributed by atoms with van der Waals surface area (Å²) in [5, 5.41) is 3.51. The van der Waals surface area contributed by atoms with Crippen LogP contribution in [0.25, 0.3) is 0 Å². The lowest BCUT2D eigenvalue weighted by molar-refractivity contribution is -0.145. The van der Waals surface area contributed by atoms with Gasteiger partial charge in [0.15, 0.2) is 11.8 Å². The molecule has 0 aliphatic rings. The van der Waals surface area contributed by atoms with Gasteiger partial charge in [-0.05, 0) is 12.1 Å². The van der Waals surface area contributed by atoms with Crippen LogP contribution in [0.3, 0.4) is 0 Å². The van der Waals surface area contributed by atoms with Crippen LogP contribution in [0, 0.1) is 0 Å². The molecule has 0 aliphatic heterocycles. The van der Waals surface area contributed by atoms with Crippen molar-refractivity contribution >= 4 is 5.97 Å². The molecule has 0 aromatic carbocycles. The number of carbonyl (C=O) groups excluding carboxylic acids is 1. The Bertz CT molecular complexity index is 310. The molecule has 78 valence electrons. The molecule has 0 amide bonds. The van der Waals surface area contributed by atoms with E-state index >= 15 is 0 Å². The Morgan fingerprint density at radius 1 is 1.79 bits per heavy atom. The second kappa shape index (κ2) is 4.61. The number of ether oxygens (including phenoxy) is 2. The van der Waals surface area contributed by atoms with E-state index in [1.807, 2.05) is 0 Å². The topological polar surface area (TPSA) is 87.6 Å². The highest BCUT2D eigenvalue weighted by atomic mass is 16.5. The fourth-order valence-electron chi connectivity index (χ4n) is 0.863. The van der Waals surface area contributed by atoms with E-state index in [1.165, 1.54) is 13.2 Å². The van der Waals surface area contributed by atoms with Crippen molar-refractivity contribution < 1.29 is 18.8 Å². The molecule has 1 heterocycles. The molecule has 0 aliphatic carbocycles. The Balaban J connectivity index is 2.68. The Morgan fingerprint density at radius 3 is 3.00 bits per heavy atom. The molecule has 0 radical (unpaired) electrons. The van der Waals surface area contributed by atoms with Crippen LogP contribution < -0.4 is 10.5 Å². The lowest BCUT2D eigenvalue weighted by atomic mass is 10.2. The van der Waals surface area contributed by atoms with Crippen molar-refractivity contribution in [1.29, 1.82) is 0 Å². The van der Waals surface area contributed by atoms with Gasteiger partial charge in [-0.1, -0.05) is 0 Å². The Kier molecular flexibility index (Phi) is 3.47. The highest BCUT2D eigenvalue weighted by Crippen LogP contribution is 2.17. The van der Waals surface area contributed by atoms with Crippen LogP contribution in [-0.2, 0) is 9.53 Å². The molecule has 0 bridgehead atoms. The monoisotopic (exact) mass is 200 g/mol. The maximum absolute atomic E-state index is 11.2. The second-order valence-corrected chi connectivity index (χ2v) is 2.50. The zero-order chi connectivity index (χ0) is 10.6. The minimum absolute atomic E-state index is 0.223. The van der Waals surface area contributed by atoms with E-state index in [2.05, 4.69) is 5.16 Å². The first-order valence-electron chi connectivity index (χ1n) is 4.11. The van der Waals surface area contributed by atoms with Gasteiger partial charge >= 0.3 is 5.97 Å². The van der Waals surface area contributed by atoms with E-state index in [1.54, 1.807) is 6.92 Å². The predicted molar refractivity (Wildman–Crippen MR) is 46.6 cm³/mol. The van der Waals surface area contributed by atoms with E-state index in [9.17, 15) is 4.79 Å². The molecule has 14 heavy (non-hydrogen) atoms. The van der Waals surface area contributed by atoms with Crippen LogP contribution in [0.4, 0.5) is 0 Å². The smallest absolute Gasteiger partial charge is 0.330 e. The molecule has 0 spiro atoms. The molecule has 0 fully saturated rings. The Morgan fingerprint density at radius 2 is 2.50 bits per heavy atom. The molecule has 6 heteroatoms. The first-order chi connectivity index (χ1) is 6.69. The van der Waals surface area contributed by atoms with Gasteiger partial charge < -0.3 is 19.7 Å². The average molecular weight is 200 g/mol. The van der Waals surface area contributed by atoms with Crippen molar-refractivity contribution in [2.45, 2.75) is 13.0 Å². The third kappa shape index (κ3) is 2.23. The molecule has 0 saturated carbocycles. The summed E-state index contributed by atoms with van der Waals surface area (Å²) in [4.78, 5) is 11.2. The number of nitrogens with zero attached hydrogens (tertiary/aromatic N) is 1. The second-order valence-electron chi connectivity index (χ2n) is 2.50. The summed E-state index contributed by atoms with van der Waals surface area (Å²) in [6.07, 6.45) is 0. The lowest BCUT2D eigenvalue weighted by Gasteiger charge is -2.05. The first kappa shape index (κ1) is 10.5. The van der Waals surface area contributed by atoms with Crippen molar-refractivity contribution in [2.24, 2.45) is 5.73 Å². The molecular formula is C8H12N2O4. The number of aromatic nitrogens is 1. The standard InChI is InChI=1S/C8H12N2O4/c1-3-13-8(11)7(9)5-4-6(12-2)10-14-5/h4,7H,3,9H2,1-2H3. The molecule has 2 N–H and O–H groups in total. The summed E-state index contributed by atoms with van der Waals surface area (Å²) >= 11 is 0. The molecule has 1 aromatic heterocycles. The van der Waals surface area contributed by atoms with Gasteiger partial charge in [0, 0.05) is 6.07 Å². The normalized spacial score (nSPS) is 12.2. The largest absolute Gasteiger partial charge is 0.479 e. The van der Waals surface area contributed by atoms with Crippen LogP contribution in [0.15, 0.2) is 10.6 Å². The quantitative estimate of drug-likeness (QED) is 0.701. The van der Waals surface area contributed by atoms with Crippen molar-refractivity contribution in [2.75, 3.05) is 13.7 Å². The van der Waals surface area contributed by atoms with Gasteiger partial charge in [-0.3, -0.25) is 0 Å². The van der Waals surface area contributed by atoms with Crippen molar-refractivity contribution in [3.05, 3.63) is 11.8 Å². The third-order valence-electron chi connectivity index (χ3n) is 1.56. The zero-order valence-corrected chi connectivity index (χ0v) is 8.02. The number of hydrogen-bond acceptors (Lipinski definition) is 6. The molecule has 1 unspecified atom stereocenters. The molecule has 1 atom stereocenters.